The Balaban J connectivity index is 1.46. The second kappa shape index (κ2) is 17.2. The largest absolute Gasteiger partial charge is 0.504 e. The summed E-state index contributed by atoms with van der Waals surface area (Å²) in [5, 5.41) is 31.5. The zero-order chi connectivity index (χ0) is 37.3. The van der Waals surface area contributed by atoms with Gasteiger partial charge in [-0.3, -0.25) is 0 Å². The molecule has 0 amide bonds. The number of hydrogen-bond acceptors (Lipinski definition) is 8. The second-order valence-electron chi connectivity index (χ2n) is 13.1. The maximum atomic E-state index is 10.8. The van der Waals surface area contributed by atoms with Gasteiger partial charge in [0.05, 0.1) is 25.4 Å². The minimum absolute atomic E-state index is 0.0347. The molecule has 1 unspecified atom stereocenters. The van der Waals surface area contributed by atoms with Gasteiger partial charge < -0.3 is 39.0 Å². The normalized spacial score (nSPS) is 17.7. The van der Waals surface area contributed by atoms with Crippen LogP contribution < -0.4 is 14.2 Å². The van der Waals surface area contributed by atoms with E-state index in [4.69, 9.17) is 23.7 Å². The topological polar surface area (TPSA) is 107 Å². The molecule has 3 atom stereocenters. The molecular weight excluding hydrogens is 748 g/mol. The number of hydrogen-bond donors (Lipinski definition) is 3. The van der Waals surface area contributed by atoms with Gasteiger partial charge in [0.2, 0.25) is 0 Å². The third-order valence-electron chi connectivity index (χ3n) is 9.39. The van der Waals surface area contributed by atoms with Crippen LogP contribution in [0.3, 0.4) is 0 Å². The van der Waals surface area contributed by atoms with Crippen LogP contribution in [0.5, 0.6) is 28.7 Å². The van der Waals surface area contributed by atoms with Gasteiger partial charge in [0, 0.05) is 12.5 Å². The quantitative estimate of drug-likeness (QED) is 0.0885. The summed E-state index contributed by atoms with van der Waals surface area (Å²) in [6.45, 7) is 0.419. The van der Waals surface area contributed by atoms with Crippen LogP contribution in [0.2, 0.25) is 0 Å². The molecule has 8 nitrogen and oxygen atoms in total. The number of phenols is 2. The lowest BCUT2D eigenvalue weighted by Gasteiger charge is -2.49. The fourth-order valence-corrected chi connectivity index (χ4v) is 7.35. The van der Waals surface area contributed by atoms with E-state index in [1.54, 1.807) is 6.07 Å². The van der Waals surface area contributed by atoms with Crippen LogP contribution in [0.4, 0.5) is 0 Å². The van der Waals surface area contributed by atoms with Crippen molar-refractivity contribution in [2.75, 3.05) is 13.2 Å². The number of ether oxygens (including phenoxy) is 5. The second-order valence-corrected chi connectivity index (χ2v) is 13.9. The van der Waals surface area contributed by atoms with Crippen LogP contribution >= 0.6 is 15.9 Å². The first-order valence-electron chi connectivity index (χ1n) is 17.8. The highest BCUT2D eigenvalue weighted by Crippen LogP contribution is 2.58. The van der Waals surface area contributed by atoms with Gasteiger partial charge in [0.1, 0.15) is 46.6 Å². The Hall–Kier alpha value is -5.32. The van der Waals surface area contributed by atoms with Crippen molar-refractivity contribution < 1.29 is 39.0 Å². The zero-order valence-electron chi connectivity index (χ0n) is 29.5. The summed E-state index contributed by atoms with van der Waals surface area (Å²) in [5.74, 6) is 0.758. The zero-order valence-corrected chi connectivity index (χ0v) is 31.1. The molecule has 9 heteroatoms. The Morgan fingerprint density at radius 2 is 1.15 bits per heavy atom. The molecule has 0 saturated heterocycles. The van der Waals surface area contributed by atoms with Crippen molar-refractivity contribution in [1.29, 1.82) is 0 Å². The number of phenolic OH excluding ortho intramolecular Hbond substituents is 2. The first-order valence-corrected chi connectivity index (χ1v) is 18.6. The lowest BCUT2D eigenvalue weighted by atomic mass is 9.75. The van der Waals surface area contributed by atoms with Crippen LogP contribution in [0.25, 0.3) is 0 Å². The Morgan fingerprint density at radius 1 is 0.611 bits per heavy atom. The molecule has 0 aliphatic carbocycles. The Morgan fingerprint density at radius 3 is 1.70 bits per heavy atom. The Kier molecular flexibility index (Phi) is 11.8. The van der Waals surface area contributed by atoms with Gasteiger partial charge in [-0.05, 0) is 55.9 Å². The molecule has 6 aromatic rings. The number of fused-ring (bicyclic) bond motifs is 1. The van der Waals surface area contributed by atoms with Crippen molar-refractivity contribution in [1.82, 2.24) is 0 Å². The number of benzene rings is 6. The first-order chi connectivity index (χ1) is 26.4. The van der Waals surface area contributed by atoms with Crippen LogP contribution in [0, 0.1) is 0 Å². The summed E-state index contributed by atoms with van der Waals surface area (Å²) in [6, 6.07) is 45.9. The van der Waals surface area contributed by atoms with E-state index in [0.29, 0.717) is 39.3 Å². The first kappa shape index (κ1) is 37.0. The Labute approximate surface area is 323 Å². The van der Waals surface area contributed by atoms with E-state index >= 15 is 0 Å². The predicted octanol–water partition coefficient (Wildman–Crippen LogP) is 9.18. The highest BCUT2D eigenvalue weighted by molar-refractivity contribution is 9.10. The van der Waals surface area contributed by atoms with Gasteiger partial charge in [-0.1, -0.05) is 127 Å². The third-order valence-corrected chi connectivity index (χ3v) is 10.1. The Bertz CT molecular complexity index is 2120. The SMILES string of the molecule is OCCOC1(Cc2ccccc2)c2c(OCc3ccccc3)cc(OCc3ccccc3)c(Br)c2O[C@H](c2ccc(O)c(O)c2)[C@@H]1OCc1ccccc1. The molecular formula is C45H41BrO8. The summed E-state index contributed by atoms with van der Waals surface area (Å²) in [7, 11) is 0. The molecule has 3 N–H and O–H groups in total. The van der Waals surface area contributed by atoms with Crippen molar-refractivity contribution in [2.45, 2.75) is 44.1 Å². The molecule has 6 aromatic carbocycles. The number of aliphatic hydroxyl groups is 1. The van der Waals surface area contributed by atoms with Gasteiger partial charge in [0.15, 0.2) is 17.6 Å². The molecule has 0 aromatic heterocycles. The maximum absolute atomic E-state index is 10.8. The van der Waals surface area contributed by atoms with E-state index in [2.05, 4.69) is 15.9 Å². The lowest BCUT2D eigenvalue weighted by molar-refractivity contribution is -0.205. The summed E-state index contributed by atoms with van der Waals surface area (Å²) in [6.07, 6.45) is -1.48. The highest BCUT2D eigenvalue weighted by Gasteiger charge is 2.56. The van der Waals surface area contributed by atoms with Crippen LogP contribution in [-0.2, 0) is 41.3 Å². The lowest BCUT2D eigenvalue weighted by Crippen LogP contribution is -2.53. The molecule has 0 saturated carbocycles. The van der Waals surface area contributed by atoms with Gasteiger partial charge >= 0.3 is 0 Å². The average molecular weight is 790 g/mol. The van der Waals surface area contributed by atoms with E-state index in [1.165, 1.54) is 12.1 Å². The van der Waals surface area contributed by atoms with Gasteiger partial charge in [-0.15, -0.1) is 0 Å². The minimum atomic E-state index is -1.35. The highest BCUT2D eigenvalue weighted by atomic mass is 79.9. The van der Waals surface area contributed by atoms with Gasteiger partial charge in [-0.25, -0.2) is 0 Å². The fourth-order valence-electron chi connectivity index (χ4n) is 6.83. The van der Waals surface area contributed by atoms with E-state index < -0.39 is 17.8 Å². The fraction of sp³-hybridized carbons (Fsp3) is 0.200. The number of aliphatic hydroxyl groups excluding tert-OH is 1. The monoisotopic (exact) mass is 788 g/mol. The van der Waals surface area contributed by atoms with Gasteiger partial charge in [-0.2, -0.15) is 0 Å². The molecule has 276 valence electrons. The molecule has 0 radical (unpaired) electrons. The molecule has 1 aliphatic rings. The van der Waals surface area contributed by atoms with Crippen molar-refractivity contribution >= 4 is 15.9 Å². The van der Waals surface area contributed by atoms with Crippen molar-refractivity contribution in [3.63, 3.8) is 0 Å². The average Bonchev–Trinajstić information content (AvgIpc) is 3.21. The van der Waals surface area contributed by atoms with Crippen molar-refractivity contribution in [3.05, 3.63) is 183 Å². The maximum Gasteiger partial charge on any atom is 0.157 e. The van der Waals surface area contributed by atoms with E-state index in [-0.39, 0.29) is 44.5 Å². The number of aromatic hydroxyl groups is 2. The summed E-state index contributed by atoms with van der Waals surface area (Å²) in [4.78, 5) is 0. The van der Waals surface area contributed by atoms with E-state index in [9.17, 15) is 15.3 Å². The molecule has 7 rings (SSSR count). The molecule has 1 aliphatic heterocycles. The molecule has 0 spiro atoms. The predicted molar refractivity (Wildman–Crippen MR) is 209 cm³/mol. The van der Waals surface area contributed by atoms with E-state index in [1.807, 2.05) is 127 Å². The summed E-state index contributed by atoms with van der Waals surface area (Å²) < 4.78 is 34.7. The summed E-state index contributed by atoms with van der Waals surface area (Å²) >= 11 is 3.86. The third kappa shape index (κ3) is 8.25. The summed E-state index contributed by atoms with van der Waals surface area (Å²) in [5.41, 5.74) is 3.57. The van der Waals surface area contributed by atoms with Crippen LogP contribution in [0.1, 0.15) is 39.5 Å². The van der Waals surface area contributed by atoms with Crippen molar-refractivity contribution in [2.24, 2.45) is 0 Å². The minimum Gasteiger partial charge on any atom is -0.504 e. The standard InChI is InChI=1S/C45H41BrO8/c46-41-39(51-29-33-17-9-3-10-18-33)26-38(50-28-32-15-7-2-8-16-32)40-43(41)54-42(35-21-22-36(48)37(49)25-35)44(52-30-34-19-11-4-12-20-34)45(40,53-24-23-47)27-31-13-5-1-6-14-31/h1-22,25-26,42,44,47-49H,23-24,27-30H2/t42-,44+,45?/m1/s1. The van der Waals surface area contributed by atoms with Crippen LogP contribution in [0.15, 0.2) is 150 Å². The molecule has 1 heterocycles. The number of halogens is 1. The van der Waals surface area contributed by atoms with Gasteiger partial charge in [0.25, 0.3) is 0 Å². The molecule has 0 fully saturated rings. The van der Waals surface area contributed by atoms with E-state index in [0.717, 1.165) is 22.3 Å². The molecule has 54 heavy (non-hydrogen) atoms. The van der Waals surface area contributed by atoms with Crippen LogP contribution in [-0.4, -0.2) is 34.6 Å². The smallest absolute Gasteiger partial charge is 0.157 e. The molecule has 0 bridgehead atoms. The number of rotatable bonds is 15. The van der Waals surface area contributed by atoms with Crippen molar-refractivity contribution in [3.8, 4) is 28.7 Å².